The van der Waals surface area contributed by atoms with Crippen molar-refractivity contribution in [3.05, 3.63) is 23.8 Å². The van der Waals surface area contributed by atoms with Gasteiger partial charge in [0.15, 0.2) is 0 Å². The average molecular weight is 291 g/mol. The molecular weight excluding hydrogens is 270 g/mol. The predicted octanol–water partition coefficient (Wildman–Crippen LogP) is 2.33. The number of rotatable bonds is 4. The summed E-state index contributed by atoms with van der Waals surface area (Å²) < 4.78 is 5.37. The Morgan fingerprint density at radius 2 is 2.00 bits per heavy atom. The van der Waals surface area contributed by atoms with Crippen LogP contribution in [0.4, 0.5) is 5.69 Å². The number of aryl methyl sites for hydroxylation is 1. The van der Waals surface area contributed by atoms with Crippen LogP contribution in [0.25, 0.3) is 0 Å². The highest BCUT2D eigenvalue weighted by molar-refractivity contribution is 5.99. The molecule has 0 saturated heterocycles. The lowest BCUT2D eigenvalue weighted by atomic mass is 9.92. The van der Waals surface area contributed by atoms with Crippen LogP contribution in [0.5, 0.6) is 5.75 Å². The quantitative estimate of drug-likeness (QED) is 0.924. The molecule has 2 atom stereocenters. The fraction of sp³-hybridized carbons (Fsp3) is 0.500. The topological polar surface area (TPSA) is 66.8 Å². The molecule has 1 amide bonds. The summed E-state index contributed by atoms with van der Waals surface area (Å²) in [6.07, 6.45) is 1.78. The molecule has 0 aliphatic carbocycles. The van der Waals surface area contributed by atoms with E-state index in [1.165, 1.54) is 0 Å². The Hall–Kier alpha value is -2.04. The zero-order chi connectivity index (χ0) is 15.6. The first-order valence-corrected chi connectivity index (χ1v) is 7.17. The van der Waals surface area contributed by atoms with Crippen molar-refractivity contribution in [2.75, 3.05) is 18.6 Å². The molecule has 114 valence electrons. The minimum absolute atomic E-state index is 0.157. The number of carbonyl (C=O) groups excluding carboxylic acids is 1. The van der Waals surface area contributed by atoms with Crippen molar-refractivity contribution >= 4 is 17.6 Å². The molecule has 1 aromatic carbocycles. The van der Waals surface area contributed by atoms with Gasteiger partial charge in [0.2, 0.25) is 5.91 Å². The monoisotopic (exact) mass is 291 g/mol. The summed E-state index contributed by atoms with van der Waals surface area (Å²) in [5, 5.41) is 9.10. The zero-order valence-corrected chi connectivity index (χ0v) is 12.6. The largest absolute Gasteiger partial charge is 0.495 e. The first-order valence-electron chi connectivity index (χ1n) is 7.17. The number of carbonyl (C=O) groups is 2. The van der Waals surface area contributed by atoms with Crippen LogP contribution in [0.15, 0.2) is 18.2 Å². The van der Waals surface area contributed by atoms with Crippen LogP contribution in [-0.4, -0.2) is 30.6 Å². The van der Waals surface area contributed by atoms with Crippen LogP contribution in [0.1, 0.15) is 25.8 Å². The number of methoxy groups -OCH3 is 1. The normalized spacial score (nSPS) is 16.8. The van der Waals surface area contributed by atoms with Gasteiger partial charge >= 0.3 is 5.97 Å². The highest BCUT2D eigenvalue weighted by atomic mass is 16.5. The molecule has 0 radical (unpaired) electrons. The van der Waals surface area contributed by atoms with E-state index < -0.39 is 17.8 Å². The molecule has 0 spiro atoms. The lowest BCUT2D eigenvalue weighted by Crippen LogP contribution is -2.42. The van der Waals surface area contributed by atoms with E-state index in [9.17, 15) is 9.59 Å². The van der Waals surface area contributed by atoms with Gasteiger partial charge in [0.1, 0.15) is 5.75 Å². The van der Waals surface area contributed by atoms with Gasteiger partial charge in [0.25, 0.3) is 0 Å². The summed E-state index contributed by atoms with van der Waals surface area (Å²) >= 11 is 0. The number of aliphatic carboxylic acids is 1. The number of amides is 1. The minimum Gasteiger partial charge on any atom is -0.495 e. The fourth-order valence-electron chi connectivity index (χ4n) is 2.67. The Kier molecular flexibility index (Phi) is 4.50. The highest BCUT2D eigenvalue weighted by Gasteiger charge is 2.33. The van der Waals surface area contributed by atoms with Gasteiger partial charge in [-0.1, -0.05) is 26.0 Å². The molecule has 0 bridgehead atoms. The number of hydrogen-bond acceptors (Lipinski definition) is 3. The standard InChI is InChI=1S/C16H21NO4/c1-10(11(2)16(19)20)15(18)17-9-5-7-12-6-4-8-13(21-3)14(12)17/h4,6,8,10-11H,5,7,9H2,1-3H3,(H,19,20). The number of hydrogen-bond donors (Lipinski definition) is 1. The molecule has 2 rings (SSSR count). The molecular formula is C16H21NO4. The van der Waals surface area contributed by atoms with Gasteiger partial charge < -0.3 is 14.7 Å². The Morgan fingerprint density at radius 1 is 1.29 bits per heavy atom. The van der Waals surface area contributed by atoms with E-state index in [1.54, 1.807) is 25.9 Å². The lowest BCUT2D eigenvalue weighted by Gasteiger charge is -2.33. The number of nitrogens with zero attached hydrogens (tertiary/aromatic N) is 1. The summed E-state index contributed by atoms with van der Waals surface area (Å²) in [6, 6.07) is 5.73. The Balaban J connectivity index is 2.35. The summed E-state index contributed by atoms with van der Waals surface area (Å²) in [7, 11) is 1.58. The van der Waals surface area contributed by atoms with Crippen LogP contribution < -0.4 is 9.64 Å². The summed E-state index contributed by atoms with van der Waals surface area (Å²) in [4.78, 5) is 25.5. The molecule has 21 heavy (non-hydrogen) atoms. The number of carboxylic acid groups (broad SMARTS) is 1. The molecule has 1 aliphatic rings. The number of benzene rings is 1. The number of anilines is 1. The smallest absolute Gasteiger partial charge is 0.307 e. The number of para-hydroxylation sites is 1. The van der Waals surface area contributed by atoms with E-state index in [1.807, 2.05) is 18.2 Å². The molecule has 1 aliphatic heterocycles. The van der Waals surface area contributed by atoms with Crippen molar-refractivity contribution in [1.82, 2.24) is 0 Å². The van der Waals surface area contributed by atoms with Crippen LogP contribution in [0.3, 0.4) is 0 Å². The number of fused-ring (bicyclic) bond motifs is 1. The van der Waals surface area contributed by atoms with Crippen molar-refractivity contribution in [2.45, 2.75) is 26.7 Å². The predicted molar refractivity (Wildman–Crippen MR) is 79.6 cm³/mol. The average Bonchev–Trinajstić information content (AvgIpc) is 2.51. The first kappa shape index (κ1) is 15.4. The highest BCUT2D eigenvalue weighted by Crippen LogP contribution is 2.37. The van der Waals surface area contributed by atoms with Gasteiger partial charge in [-0.05, 0) is 24.5 Å². The maximum Gasteiger partial charge on any atom is 0.307 e. The molecule has 5 nitrogen and oxygen atoms in total. The van der Waals surface area contributed by atoms with E-state index in [-0.39, 0.29) is 5.91 Å². The molecule has 1 N–H and O–H groups in total. The van der Waals surface area contributed by atoms with E-state index in [4.69, 9.17) is 9.84 Å². The van der Waals surface area contributed by atoms with Gasteiger partial charge in [-0.25, -0.2) is 0 Å². The summed E-state index contributed by atoms with van der Waals surface area (Å²) in [6.45, 7) is 3.84. The van der Waals surface area contributed by atoms with Crippen LogP contribution >= 0.6 is 0 Å². The van der Waals surface area contributed by atoms with Crippen LogP contribution in [0.2, 0.25) is 0 Å². The van der Waals surface area contributed by atoms with Crippen molar-refractivity contribution < 1.29 is 19.4 Å². The minimum atomic E-state index is -0.951. The summed E-state index contributed by atoms with van der Waals surface area (Å²) in [5.74, 6) is -1.73. The third-order valence-corrected chi connectivity index (χ3v) is 4.20. The number of carboxylic acids is 1. The second-order valence-electron chi connectivity index (χ2n) is 5.48. The second kappa shape index (κ2) is 6.16. The Bertz CT molecular complexity index is 541. The van der Waals surface area contributed by atoms with Gasteiger partial charge in [0, 0.05) is 12.5 Å². The molecule has 1 aromatic rings. The first-order chi connectivity index (χ1) is 9.97. The van der Waals surface area contributed by atoms with Gasteiger partial charge in [0.05, 0.1) is 18.7 Å². The van der Waals surface area contributed by atoms with Crippen LogP contribution in [0, 0.1) is 11.8 Å². The third kappa shape index (κ3) is 2.86. The lowest BCUT2D eigenvalue weighted by molar-refractivity contribution is -0.145. The van der Waals surface area contributed by atoms with Crippen molar-refractivity contribution in [3.63, 3.8) is 0 Å². The molecule has 0 aromatic heterocycles. The Morgan fingerprint density at radius 3 is 2.62 bits per heavy atom. The van der Waals surface area contributed by atoms with E-state index in [2.05, 4.69) is 0 Å². The summed E-state index contributed by atoms with van der Waals surface area (Å²) in [5.41, 5.74) is 1.87. The maximum absolute atomic E-state index is 12.7. The van der Waals surface area contributed by atoms with Gasteiger partial charge in [-0.2, -0.15) is 0 Å². The second-order valence-corrected chi connectivity index (χ2v) is 5.48. The number of ether oxygens (including phenoxy) is 1. The van der Waals surface area contributed by atoms with Crippen LogP contribution in [-0.2, 0) is 16.0 Å². The Labute approximate surface area is 124 Å². The molecule has 2 unspecified atom stereocenters. The molecule has 5 heteroatoms. The maximum atomic E-state index is 12.7. The SMILES string of the molecule is COc1cccc2c1N(C(=O)C(C)C(C)C(=O)O)CCC2. The molecule has 1 heterocycles. The van der Waals surface area contributed by atoms with Crippen molar-refractivity contribution in [3.8, 4) is 5.75 Å². The van der Waals surface area contributed by atoms with E-state index in [0.717, 1.165) is 24.1 Å². The zero-order valence-electron chi connectivity index (χ0n) is 12.6. The van der Waals surface area contributed by atoms with E-state index >= 15 is 0 Å². The van der Waals surface area contributed by atoms with E-state index in [0.29, 0.717) is 12.3 Å². The fourth-order valence-corrected chi connectivity index (χ4v) is 2.67. The van der Waals surface area contributed by atoms with Crippen molar-refractivity contribution in [1.29, 1.82) is 0 Å². The van der Waals surface area contributed by atoms with Crippen molar-refractivity contribution in [2.24, 2.45) is 11.8 Å². The third-order valence-electron chi connectivity index (χ3n) is 4.20. The molecule has 0 fully saturated rings. The van der Waals surface area contributed by atoms with Gasteiger partial charge in [-0.15, -0.1) is 0 Å². The molecule has 0 saturated carbocycles. The van der Waals surface area contributed by atoms with Gasteiger partial charge in [-0.3, -0.25) is 9.59 Å².